The number of aryl methyl sites for hydroxylation is 2. The summed E-state index contributed by atoms with van der Waals surface area (Å²) in [5, 5.41) is 0.683. The first-order valence-electron chi connectivity index (χ1n) is 9.58. The Kier molecular flexibility index (Phi) is 5.26. The smallest absolute Gasteiger partial charge is 0.262 e. The van der Waals surface area contributed by atoms with Gasteiger partial charge < -0.3 is 4.90 Å². The average molecular weight is 399 g/mol. The molecule has 2 aromatic heterocycles. The van der Waals surface area contributed by atoms with Crippen molar-refractivity contribution in [3.05, 3.63) is 62.8 Å². The van der Waals surface area contributed by atoms with Gasteiger partial charge in [0.2, 0.25) is 5.91 Å². The monoisotopic (exact) mass is 399 g/mol. The molecular weight excluding hydrogens is 377 g/mol. The van der Waals surface area contributed by atoms with E-state index in [0.717, 1.165) is 41.6 Å². The van der Waals surface area contributed by atoms with Crippen molar-refractivity contribution in [1.82, 2.24) is 14.5 Å². The Morgan fingerprint density at radius 3 is 2.93 bits per heavy atom. The largest absolute Gasteiger partial charge is 0.337 e. The lowest BCUT2D eigenvalue weighted by Crippen LogP contribution is -2.36. The first kappa shape index (κ1) is 18.8. The van der Waals surface area contributed by atoms with Crippen molar-refractivity contribution in [1.29, 1.82) is 0 Å². The number of aromatic nitrogens is 2. The van der Waals surface area contributed by atoms with Crippen molar-refractivity contribution in [2.75, 3.05) is 6.54 Å². The molecule has 1 aliphatic carbocycles. The molecule has 0 radical (unpaired) electrons. The van der Waals surface area contributed by atoms with Gasteiger partial charge in [-0.15, -0.1) is 11.3 Å². The second kappa shape index (κ2) is 7.83. The highest BCUT2D eigenvalue weighted by Crippen LogP contribution is 2.33. The van der Waals surface area contributed by atoms with Crippen LogP contribution in [0.3, 0.4) is 0 Å². The molecule has 0 fully saturated rings. The minimum Gasteiger partial charge on any atom is -0.337 e. The number of fused-ring (bicyclic) bond motifs is 3. The summed E-state index contributed by atoms with van der Waals surface area (Å²) in [4.78, 5) is 33.9. The SMILES string of the molecule is CCN(Cc1cccc(F)c1)C(=O)Cn1cnc2sc3c(c2c1=O)CCCC3. The predicted octanol–water partition coefficient (Wildman–Crippen LogP) is 3.52. The van der Waals surface area contributed by atoms with Gasteiger partial charge in [0, 0.05) is 18.0 Å². The molecule has 0 aliphatic heterocycles. The maximum atomic E-state index is 13.4. The molecule has 7 heteroatoms. The molecule has 1 aliphatic rings. The van der Waals surface area contributed by atoms with Crippen molar-refractivity contribution in [3.8, 4) is 0 Å². The van der Waals surface area contributed by atoms with Crippen molar-refractivity contribution < 1.29 is 9.18 Å². The molecule has 0 unspecified atom stereocenters. The van der Waals surface area contributed by atoms with Crippen LogP contribution in [0.25, 0.3) is 10.2 Å². The third kappa shape index (κ3) is 3.58. The molecular formula is C21H22FN3O2S. The second-order valence-corrected chi connectivity index (χ2v) is 8.19. The maximum Gasteiger partial charge on any atom is 0.262 e. The Morgan fingerprint density at radius 2 is 2.14 bits per heavy atom. The Hall–Kier alpha value is -2.54. The molecule has 5 nitrogen and oxygen atoms in total. The van der Waals surface area contributed by atoms with E-state index in [1.165, 1.54) is 27.9 Å². The fraction of sp³-hybridized carbons (Fsp3) is 0.381. The first-order chi connectivity index (χ1) is 13.6. The average Bonchev–Trinajstić information content (AvgIpc) is 3.07. The normalized spacial score (nSPS) is 13.5. The zero-order chi connectivity index (χ0) is 19.7. The first-order valence-corrected chi connectivity index (χ1v) is 10.4. The Labute approximate surface area is 166 Å². The van der Waals surface area contributed by atoms with Crippen LogP contribution in [0.5, 0.6) is 0 Å². The van der Waals surface area contributed by atoms with Gasteiger partial charge in [0.25, 0.3) is 5.56 Å². The van der Waals surface area contributed by atoms with Gasteiger partial charge in [0.15, 0.2) is 0 Å². The van der Waals surface area contributed by atoms with Crippen LogP contribution in [-0.2, 0) is 30.7 Å². The van der Waals surface area contributed by atoms with Gasteiger partial charge in [0.05, 0.1) is 11.7 Å². The Morgan fingerprint density at radius 1 is 1.32 bits per heavy atom. The third-order valence-electron chi connectivity index (χ3n) is 5.24. The topological polar surface area (TPSA) is 55.2 Å². The van der Waals surface area contributed by atoms with Gasteiger partial charge in [0.1, 0.15) is 17.2 Å². The predicted molar refractivity (Wildman–Crippen MR) is 108 cm³/mol. The van der Waals surface area contributed by atoms with E-state index in [9.17, 15) is 14.0 Å². The summed E-state index contributed by atoms with van der Waals surface area (Å²) in [6.07, 6.45) is 5.62. The van der Waals surface area contributed by atoms with Gasteiger partial charge in [-0.05, 0) is 55.9 Å². The Bertz CT molecular complexity index is 1090. The highest BCUT2D eigenvalue weighted by atomic mass is 32.1. The lowest BCUT2D eigenvalue weighted by molar-refractivity contribution is -0.132. The number of hydrogen-bond donors (Lipinski definition) is 0. The third-order valence-corrected chi connectivity index (χ3v) is 6.44. The van der Waals surface area contributed by atoms with Gasteiger partial charge in [-0.25, -0.2) is 9.37 Å². The van der Waals surface area contributed by atoms with Crippen molar-refractivity contribution in [2.24, 2.45) is 0 Å². The van der Waals surface area contributed by atoms with Gasteiger partial charge in [-0.2, -0.15) is 0 Å². The lowest BCUT2D eigenvalue weighted by atomic mass is 9.97. The van der Waals surface area contributed by atoms with Crippen LogP contribution in [0.4, 0.5) is 4.39 Å². The minimum atomic E-state index is -0.325. The molecule has 4 rings (SSSR count). The number of amides is 1. The van der Waals surface area contributed by atoms with Crippen LogP contribution in [0, 0.1) is 5.82 Å². The van der Waals surface area contributed by atoms with Crippen molar-refractivity contribution in [3.63, 3.8) is 0 Å². The molecule has 1 amide bonds. The summed E-state index contributed by atoms with van der Waals surface area (Å²) in [5.41, 5.74) is 1.71. The van der Waals surface area contributed by atoms with E-state index in [-0.39, 0.29) is 23.8 Å². The van der Waals surface area contributed by atoms with Crippen LogP contribution >= 0.6 is 11.3 Å². The molecule has 0 N–H and O–H groups in total. The summed E-state index contributed by atoms with van der Waals surface area (Å²) >= 11 is 1.60. The van der Waals surface area contributed by atoms with Crippen LogP contribution in [-0.4, -0.2) is 26.9 Å². The van der Waals surface area contributed by atoms with Crippen LogP contribution in [0.1, 0.15) is 35.8 Å². The van der Waals surface area contributed by atoms with E-state index in [1.807, 2.05) is 6.92 Å². The number of nitrogens with zero attached hydrogens (tertiary/aromatic N) is 3. The van der Waals surface area contributed by atoms with E-state index >= 15 is 0 Å². The molecule has 0 atom stereocenters. The number of benzene rings is 1. The quantitative estimate of drug-likeness (QED) is 0.660. The number of carbonyl (C=O) groups excluding carboxylic acids is 1. The standard InChI is InChI=1S/C21H22FN3O2S/c1-2-24(11-14-6-5-7-15(22)10-14)18(26)12-25-13-23-20-19(21(25)27)16-8-3-4-9-17(16)28-20/h5-7,10,13H,2-4,8-9,11-12H2,1H3. The fourth-order valence-electron chi connectivity index (χ4n) is 3.77. The summed E-state index contributed by atoms with van der Waals surface area (Å²) in [5.74, 6) is -0.506. The van der Waals surface area contributed by atoms with E-state index in [4.69, 9.17) is 0 Å². The summed E-state index contributed by atoms with van der Waals surface area (Å²) < 4.78 is 14.8. The zero-order valence-corrected chi connectivity index (χ0v) is 16.6. The van der Waals surface area contributed by atoms with E-state index < -0.39 is 0 Å². The molecule has 3 aromatic rings. The molecule has 1 aromatic carbocycles. The van der Waals surface area contributed by atoms with E-state index in [2.05, 4.69) is 4.98 Å². The molecule has 2 heterocycles. The number of thiophene rings is 1. The molecule has 0 bridgehead atoms. The fourth-order valence-corrected chi connectivity index (χ4v) is 4.99. The van der Waals surface area contributed by atoms with Crippen LogP contribution in [0.2, 0.25) is 0 Å². The lowest BCUT2D eigenvalue weighted by Gasteiger charge is -2.21. The zero-order valence-electron chi connectivity index (χ0n) is 15.8. The highest BCUT2D eigenvalue weighted by Gasteiger charge is 2.21. The van der Waals surface area contributed by atoms with Gasteiger partial charge in [-0.3, -0.25) is 14.2 Å². The summed E-state index contributed by atoms with van der Waals surface area (Å²) in [6, 6.07) is 6.22. The summed E-state index contributed by atoms with van der Waals surface area (Å²) in [7, 11) is 0. The second-order valence-electron chi connectivity index (χ2n) is 7.11. The van der Waals surface area contributed by atoms with Gasteiger partial charge in [-0.1, -0.05) is 12.1 Å². The van der Waals surface area contributed by atoms with E-state index in [1.54, 1.807) is 28.4 Å². The maximum absolute atomic E-state index is 13.4. The number of halogens is 1. The molecule has 28 heavy (non-hydrogen) atoms. The molecule has 0 saturated heterocycles. The highest BCUT2D eigenvalue weighted by molar-refractivity contribution is 7.18. The molecule has 146 valence electrons. The van der Waals surface area contributed by atoms with Crippen molar-refractivity contribution in [2.45, 2.75) is 45.7 Å². The molecule has 0 saturated carbocycles. The number of carbonyl (C=O) groups is 1. The Balaban J connectivity index is 1.59. The summed E-state index contributed by atoms with van der Waals surface area (Å²) in [6.45, 7) is 2.60. The van der Waals surface area contributed by atoms with Crippen LogP contribution in [0.15, 0.2) is 35.4 Å². The van der Waals surface area contributed by atoms with Crippen molar-refractivity contribution >= 4 is 27.5 Å². The molecule has 0 spiro atoms. The number of hydrogen-bond acceptors (Lipinski definition) is 4. The van der Waals surface area contributed by atoms with Gasteiger partial charge >= 0.3 is 0 Å². The number of rotatable bonds is 5. The van der Waals surface area contributed by atoms with E-state index in [0.29, 0.717) is 18.5 Å². The van der Waals surface area contributed by atoms with Crippen LogP contribution < -0.4 is 5.56 Å². The number of likely N-dealkylation sites (N-methyl/N-ethyl adjacent to an activating group) is 1. The minimum absolute atomic E-state index is 0.0600.